The first-order valence-corrected chi connectivity index (χ1v) is 14.0. The molecule has 0 aromatic heterocycles. The molecule has 1 aliphatic carbocycles. The van der Waals surface area contributed by atoms with Crippen molar-refractivity contribution in [2.24, 2.45) is 5.92 Å². The van der Waals surface area contributed by atoms with Gasteiger partial charge in [-0.2, -0.15) is 0 Å². The lowest BCUT2D eigenvalue weighted by molar-refractivity contribution is -0.568. The number of carbonyl (C=O) groups is 1. The number of ether oxygens (including phenoxy) is 2. The van der Waals surface area contributed by atoms with Gasteiger partial charge in [-0.1, -0.05) is 30.4 Å². The molecule has 2 aromatic rings. The van der Waals surface area contributed by atoms with E-state index in [2.05, 4.69) is 88.3 Å². The smallest absolute Gasteiger partial charge is 0.338 e. The molecular formula is C34H37N2O4+. The van der Waals surface area contributed by atoms with E-state index >= 15 is 0 Å². The third kappa shape index (κ3) is 4.50. The van der Waals surface area contributed by atoms with Gasteiger partial charge in [0.25, 0.3) is 0 Å². The molecule has 2 aromatic carbocycles. The minimum Gasteiger partial charge on any atom is -0.484 e. The first-order chi connectivity index (χ1) is 19.0. The Hall–Kier alpha value is -3.90. The molecule has 0 bridgehead atoms. The predicted molar refractivity (Wildman–Crippen MR) is 155 cm³/mol. The Labute approximate surface area is 235 Å². The van der Waals surface area contributed by atoms with Gasteiger partial charge in [0.1, 0.15) is 18.5 Å². The summed E-state index contributed by atoms with van der Waals surface area (Å²) in [4.78, 5) is 16.9. The van der Waals surface area contributed by atoms with Crippen molar-refractivity contribution in [3.63, 3.8) is 0 Å². The molecule has 3 heterocycles. The van der Waals surface area contributed by atoms with Gasteiger partial charge in [-0.3, -0.25) is 0 Å². The molecule has 3 N–H and O–H groups in total. The van der Waals surface area contributed by atoms with Crippen LogP contribution in [0.2, 0.25) is 0 Å². The summed E-state index contributed by atoms with van der Waals surface area (Å²) in [5.74, 6) is 0.207. The standard InChI is InChI=1S/C34H36N2O4/c1-19-17-33(3,4)35-27-15-29-25(13-23(19)27)31(21-9-7-8-10-22(21)32(38)39-12-11-37)26-14-24-20(2)18-34(5,6)36-28(24)16-30(26)40-29/h7-10,13-18,25,29,35,37H,11-12H2,1-6H3/p+1. The molecule has 6 nitrogen and oxygen atoms in total. The molecule has 2 unspecified atom stereocenters. The van der Waals surface area contributed by atoms with Gasteiger partial charge < -0.3 is 19.9 Å². The lowest BCUT2D eigenvalue weighted by Gasteiger charge is -2.40. The second kappa shape index (κ2) is 9.34. The van der Waals surface area contributed by atoms with E-state index in [4.69, 9.17) is 9.47 Å². The average Bonchev–Trinajstić information content (AvgIpc) is 2.87. The Balaban J connectivity index is 1.64. The van der Waals surface area contributed by atoms with Gasteiger partial charge in [0.05, 0.1) is 23.8 Å². The third-order valence-electron chi connectivity index (χ3n) is 8.01. The number of hydrogen-bond acceptors (Lipinski definition) is 5. The summed E-state index contributed by atoms with van der Waals surface area (Å²) < 4.78 is 12.2. The van der Waals surface area contributed by atoms with Crippen molar-refractivity contribution in [3.8, 4) is 5.75 Å². The van der Waals surface area contributed by atoms with Gasteiger partial charge in [-0.05, 0) is 79.8 Å². The molecule has 40 heavy (non-hydrogen) atoms. The van der Waals surface area contributed by atoms with Gasteiger partial charge in [-0.25, -0.2) is 9.79 Å². The molecule has 206 valence electrons. The summed E-state index contributed by atoms with van der Waals surface area (Å²) in [5.41, 5.74) is 7.73. The molecule has 6 heteroatoms. The SMILES string of the molecule is CC1=CC(C)(C)NC2=CC3Oc4cc5c(cc4=C(c4ccccc4C(=O)OCCO)C3C=C12)C(C)=CC(C)(C)[NH+]=5. The number of benzene rings is 2. The maximum absolute atomic E-state index is 13.2. The van der Waals surface area contributed by atoms with Crippen molar-refractivity contribution < 1.29 is 24.4 Å². The van der Waals surface area contributed by atoms with Gasteiger partial charge in [0, 0.05) is 36.2 Å². The van der Waals surface area contributed by atoms with Crippen LogP contribution in [0.25, 0.3) is 11.1 Å². The first kappa shape index (κ1) is 26.3. The summed E-state index contributed by atoms with van der Waals surface area (Å²) in [7, 11) is 0. The highest BCUT2D eigenvalue weighted by molar-refractivity contribution is 5.96. The van der Waals surface area contributed by atoms with Crippen LogP contribution in [0, 0.1) is 5.92 Å². The van der Waals surface area contributed by atoms with E-state index in [1.165, 1.54) is 11.1 Å². The topological polar surface area (TPSA) is 81.8 Å². The fourth-order valence-corrected chi connectivity index (χ4v) is 6.61. The Morgan fingerprint density at radius 2 is 1.82 bits per heavy atom. The van der Waals surface area contributed by atoms with E-state index in [1.54, 1.807) is 6.07 Å². The van der Waals surface area contributed by atoms with Crippen LogP contribution in [-0.2, 0) is 4.74 Å². The number of carbonyl (C=O) groups excluding carboxylic acids is 1. The molecule has 0 amide bonds. The Kier molecular flexibility index (Phi) is 6.15. The number of rotatable bonds is 4. The predicted octanol–water partition coefficient (Wildman–Crippen LogP) is 2.46. The summed E-state index contributed by atoms with van der Waals surface area (Å²) >= 11 is 0. The summed E-state index contributed by atoms with van der Waals surface area (Å²) in [6.07, 6.45) is 8.71. The van der Waals surface area contributed by atoms with Crippen LogP contribution in [0.1, 0.15) is 63.0 Å². The minimum atomic E-state index is -0.448. The van der Waals surface area contributed by atoms with Crippen LogP contribution in [0.3, 0.4) is 0 Å². The van der Waals surface area contributed by atoms with Crippen molar-refractivity contribution in [2.45, 2.75) is 58.7 Å². The fraction of sp³-hybridized carbons (Fsp3) is 0.353. The monoisotopic (exact) mass is 537 g/mol. The summed E-state index contributed by atoms with van der Waals surface area (Å²) in [5, 5.41) is 14.9. The van der Waals surface area contributed by atoms with E-state index in [-0.39, 0.29) is 36.3 Å². The highest BCUT2D eigenvalue weighted by Gasteiger charge is 2.39. The van der Waals surface area contributed by atoms with Gasteiger partial charge in [0.2, 0.25) is 5.36 Å². The molecule has 0 spiro atoms. The maximum Gasteiger partial charge on any atom is 0.338 e. The first-order valence-electron chi connectivity index (χ1n) is 14.0. The highest BCUT2D eigenvalue weighted by Crippen LogP contribution is 2.41. The Morgan fingerprint density at radius 1 is 1.05 bits per heavy atom. The van der Waals surface area contributed by atoms with Crippen molar-refractivity contribution in [1.82, 2.24) is 5.32 Å². The van der Waals surface area contributed by atoms with Crippen LogP contribution >= 0.6 is 0 Å². The van der Waals surface area contributed by atoms with Gasteiger partial charge in [0.15, 0.2) is 5.54 Å². The fourth-order valence-electron chi connectivity index (χ4n) is 6.61. The maximum atomic E-state index is 13.2. The highest BCUT2D eigenvalue weighted by atomic mass is 16.5. The lowest BCUT2D eigenvalue weighted by Crippen LogP contribution is -2.89. The van der Waals surface area contributed by atoms with E-state index < -0.39 is 5.97 Å². The van der Waals surface area contributed by atoms with E-state index in [9.17, 15) is 9.90 Å². The number of esters is 1. The second-order valence-electron chi connectivity index (χ2n) is 12.3. The van der Waals surface area contributed by atoms with Crippen LogP contribution in [-0.4, -0.2) is 41.5 Å². The summed E-state index contributed by atoms with van der Waals surface area (Å²) in [6, 6.07) is 11.9. The quantitative estimate of drug-likeness (QED) is 0.522. The lowest BCUT2D eigenvalue weighted by atomic mass is 9.76. The van der Waals surface area contributed by atoms with E-state index in [0.717, 1.165) is 44.3 Å². The zero-order valence-corrected chi connectivity index (χ0v) is 24.0. The number of hydrogen-bond donors (Lipinski definition) is 3. The number of nitrogens with one attached hydrogen (secondary N) is 2. The normalized spacial score (nSPS) is 23.2. The zero-order valence-electron chi connectivity index (χ0n) is 24.0. The second-order valence-corrected chi connectivity index (χ2v) is 12.3. The molecule has 2 atom stereocenters. The van der Waals surface area contributed by atoms with Crippen molar-refractivity contribution in [1.29, 1.82) is 0 Å². The Bertz CT molecular complexity index is 1690. The van der Waals surface area contributed by atoms with Crippen molar-refractivity contribution in [3.05, 3.63) is 105 Å². The minimum absolute atomic E-state index is 0.0468. The molecule has 6 rings (SSSR count). The molecule has 0 fully saturated rings. The molecule has 0 saturated carbocycles. The molecule has 3 aliphatic heterocycles. The number of fused-ring (bicyclic) bond motifs is 4. The van der Waals surface area contributed by atoms with Crippen molar-refractivity contribution in [2.75, 3.05) is 13.2 Å². The van der Waals surface area contributed by atoms with E-state index in [0.29, 0.717) is 5.56 Å². The Morgan fingerprint density at radius 3 is 2.60 bits per heavy atom. The van der Waals surface area contributed by atoms with Crippen molar-refractivity contribution >= 4 is 17.1 Å². The summed E-state index contributed by atoms with van der Waals surface area (Å²) in [6.45, 7) is 12.7. The largest absolute Gasteiger partial charge is 0.484 e. The van der Waals surface area contributed by atoms with Gasteiger partial charge in [-0.15, -0.1) is 0 Å². The van der Waals surface area contributed by atoms with Crippen LogP contribution < -0.4 is 25.6 Å². The zero-order chi connectivity index (χ0) is 28.4. The number of aliphatic hydroxyl groups excluding tert-OH is 1. The average molecular weight is 538 g/mol. The van der Waals surface area contributed by atoms with Gasteiger partial charge >= 0.3 is 5.97 Å². The third-order valence-corrected chi connectivity index (χ3v) is 8.01. The number of allylic oxidation sites excluding steroid dienone is 2. The molecule has 0 radical (unpaired) electrons. The molecular weight excluding hydrogens is 500 g/mol. The van der Waals surface area contributed by atoms with Crippen LogP contribution in [0.5, 0.6) is 5.75 Å². The number of aliphatic hydroxyl groups is 1. The van der Waals surface area contributed by atoms with E-state index in [1.807, 2.05) is 18.2 Å². The van der Waals surface area contributed by atoms with Crippen LogP contribution in [0.4, 0.5) is 0 Å². The molecule has 0 saturated heterocycles. The molecule has 4 aliphatic rings. The van der Waals surface area contributed by atoms with Crippen LogP contribution in [0.15, 0.2) is 77.5 Å².